The molecule has 5 aromatic rings. The smallest absolute Gasteiger partial charge is 0.215 e. The quantitative estimate of drug-likeness (QED) is 0.365. The van der Waals surface area contributed by atoms with Crippen molar-refractivity contribution in [1.82, 2.24) is 14.1 Å². The van der Waals surface area contributed by atoms with Crippen molar-refractivity contribution >= 4 is 33.7 Å². The largest absolute Gasteiger partial charge is 0.439 e. The Hall–Kier alpha value is -3.39. The Bertz CT molecular complexity index is 1450. The van der Waals surface area contributed by atoms with Crippen molar-refractivity contribution < 1.29 is 14.6 Å². The number of rotatable bonds is 6. The molecule has 0 amide bonds. The van der Waals surface area contributed by atoms with Gasteiger partial charge in [0, 0.05) is 5.02 Å². The highest BCUT2D eigenvalue weighted by molar-refractivity contribution is 6.31. The number of hydrogen-bond donors (Lipinski definition) is 3. The lowest BCUT2D eigenvalue weighted by Gasteiger charge is -2.23. The third kappa shape index (κ3) is 3.50. The molecule has 0 radical (unpaired) electrons. The van der Waals surface area contributed by atoms with E-state index < -0.39 is 12.1 Å². The van der Waals surface area contributed by atoms with E-state index >= 15 is 0 Å². The number of fused-ring (bicyclic) bond motifs is 2. The van der Waals surface area contributed by atoms with E-state index in [1.165, 1.54) is 0 Å². The topological polar surface area (TPSA) is 100 Å². The molecule has 0 fully saturated rings. The maximum absolute atomic E-state index is 11.0. The van der Waals surface area contributed by atoms with E-state index in [2.05, 4.69) is 4.98 Å². The number of halogens is 1. The van der Waals surface area contributed by atoms with E-state index in [0.29, 0.717) is 27.6 Å². The Kier molecular flexibility index (Phi) is 5.30. The van der Waals surface area contributed by atoms with Gasteiger partial charge in [-0.25, -0.2) is 4.98 Å². The van der Waals surface area contributed by atoms with E-state index in [4.69, 9.17) is 21.4 Å². The summed E-state index contributed by atoms with van der Waals surface area (Å²) in [7, 11) is 0. The van der Waals surface area contributed by atoms with Gasteiger partial charge < -0.3 is 23.8 Å². The molecule has 2 aromatic heterocycles. The molecule has 7 nitrogen and oxygen atoms in total. The van der Waals surface area contributed by atoms with E-state index in [1.807, 2.05) is 42.5 Å². The first-order valence-electron chi connectivity index (χ1n) is 10.2. The highest BCUT2D eigenvalue weighted by atomic mass is 35.5. The Balaban J connectivity index is 1.61. The van der Waals surface area contributed by atoms with Gasteiger partial charge in [0.05, 0.1) is 23.7 Å². The number of aliphatic hydroxyl groups excluding tert-OH is 2. The Morgan fingerprint density at radius 2 is 1.72 bits per heavy atom. The van der Waals surface area contributed by atoms with Crippen molar-refractivity contribution in [2.75, 3.05) is 6.61 Å². The summed E-state index contributed by atoms with van der Waals surface area (Å²) in [4.78, 5) is 4.51. The molecule has 0 aliphatic carbocycles. The summed E-state index contributed by atoms with van der Waals surface area (Å²) in [6, 6.07) is 21.2. The van der Waals surface area contributed by atoms with Crippen LogP contribution in [0.25, 0.3) is 22.1 Å². The molecule has 0 aliphatic heterocycles. The zero-order chi connectivity index (χ0) is 22.2. The summed E-state index contributed by atoms with van der Waals surface area (Å²) in [5, 5.41) is 30.7. The normalized spacial score (nSPS) is 13.6. The lowest BCUT2D eigenvalue weighted by Crippen LogP contribution is -2.32. The predicted molar refractivity (Wildman–Crippen MR) is 121 cm³/mol. The molecule has 2 heterocycles. The van der Waals surface area contributed by atoms with Gasteiger partial charge >= 0.3 is 0 Å². The van der Waals surface area contributed by atoms with E-state index in [-0.39, 0.29) is 18.8 Å². The number of imidazole rings is 1. The van der Waals surface area contributed by atoms with Crippen LogP contribution in [0.5, 0.6) is 0 Å². The van der Waals surface area contributed by atoms with Crippen LogP contribution in [0.1, 0.15) is 23.6 Å². The van der Waals surface area contributed by atoms with Gasteiger partial charge in [0.25, 0.3) is 0 Å². The number of para-hydroxylation sites is 2. The zero-order valence-corrected chi connectivity index (χ0v) is 17.8. The van der Waals surface area contributed by atoms with Crippen molar-refractivity contribution in [2.24, 2.45) is 0 Å². The van der Waals surface area contributed by atoms with Crippen LogP contribution in [0.15, 0.2) is 77.2 Å². The van der Waals surface area contributed by atoms with Gasteiger partial charge in [-0.2, -0.15) is 0 Å². The van der Waals surface area contributed by atoms with Crippen molar-refractivity contribution in [3.63, 3.8) is 0 Å². The first-order valence-corrected chi connectivity index (χ1v) is 10.6. The molecular formula is C24H21ClN4O3. The van der Waals surface area contributed by atoms with Crippen LogP contribution in [0.2, 0.25) is 5.02 Å². The summed E-state index contributed by atoms with van der Waals surface area (Å²) in [6.07, 6.45) is -0.985. The molecular weight excluding hydrogens is 428 g/mol. The SMILES string of the molecule is N=c1n(Cc2nc3cc(Cl)ccc3o2)c2ccccc2n1[C@H](CO)[C@H](O)c1ccccc1. The molecule has 5 rings (SSSR count). The second-order valence-corrected chi connectivity index (χ2v) is 8.03. The monoisotopic (exact) mass is 448 g/mol. The van der Waals surface area contributed by atoms with Gasteiger partial charge in [-0.15, -0.1) is 0 Å². The van der Waals surface area contributed by atoms with Crippen LogP contribution in [0, 0.1) is 5.41 Å². The molecule has 32 heavy (non-hydrogen) atoms. The van der Waals surface area contributed by atoms with Gasteiger partial charge in [-0.1, -0.05) is 54.1 Å². The minimum absolute atomic E-state index is 0.125. The lowest BCUT2D eigenvalue weighted by molar-refractivity contribution is 0.0721. The molecule has 0 saturated heterocycles. The number of nitrogens with zero attached hydrogens (tertiary/aromatic N) is 3. The van der Waals surface area contributed by atoms with Gasteiger partial charge in [-0.05, 0) is 35.9 Å². The number of aliphatic hydroxyl groups is 2. The first kappa shape index (κ1) is 20.5. The summed E-state index contributed by atoms with van der Waals surface area (Å²) < 4.78 is 9.27. The Labute approximate surface area is 188 Å². The van der Waals surface area contributed by atoms with Crippen LogP contribution in [-0.2, 0) is 6.54 Å². The third-order valence-corrected chi connectivity index (χ3v) is 5.86. The standard InChI is InChI=1S/C24H21ClN4O3/c25-16-10-11-21-17(12-16)27-22(32-21)13-28-18-8-4-5-9-19(18)29(24(28)26)20(14-30)23(31)15-6-2-1-3-7-15/h1-12,20,23,26,30-31H,13-14H2/t20-,23-/m1/s1. The molecule has 0 saturated carbocycles. The lowest BCUT2D eigenvalue weighted by atomic mass is 10.0. The van der Waals surface area contributed by atoms with Crippen LogP contribution >= 0.6 is 11.6 Å². The maximum Gasteiger partial charge on any atom is 0.215 e. The molecule has 0 unspecified atom stereocenters. The third-order valence-electron chi connectivity index (χ3n) is 5.63. The number of benzene rings is 3. The molecule has 3 aromatic carbocycles. The van der Waals surface area contributed by atoms with Crippen molar-refractivity contribution in [3.8, 4) is 0 Å². The van der Waals surface area contributed by atoms with Crippen LogP contribution in [0.3, 0.4) is 0 Å². The van der Waals surface area contributed by atoms with Crippen LogP contribution < -0.4 is 5.62 Å². The van der Waals surface area contributed by atoms with Crippen LogP contribution in [0.4, 0.5) is 0 Å². The number of oxazole rings is 1. The second-order valence-electron chi connectivity index (χ2n) is 7.59. The maximum atomic E-state index is 11.0. The molecule has 0 aliphatic rings. The number of hydrogen-bond acceptors (Lipinski definition) is 5. The molecule has 3 N–H and O–H groups in total. The van der Waals surface area contributed by atoms with Gasteiger partial charge in [0.15, 0.2) is 5.58 Å². The summed E-state index contributed by atoms with van der Waals surface area (Å²) >= 11 is 6.06. The summed E-state index contributed by atoms with van der Waals surface area (Å²) in [6.45, 7) is -0.111. The minimum Gasteiger partial charge on any atom is -0.439 e. The predicted octanol–water partition coefficient (Wildman–Crippen LogP) is 4.03. The summed E-state index contributed by atoms with van der Waals surface area (Å²) in [5.41, 5.74) is 3.57. The molecule has 8 heteroatoms. The van der Waals surface area contributed by atoms with Crippen molar-refractivity contribution in [1.29, 1.82) is 5.41 Å². The average molecular weight is 449 g/mol. The van der Waals surface area contributed by atoms with E-state index in [9.17, 15) is 10.2 Å². The zero-order valence-electron chi connectivity index (χ0n) is 17.0. The number of aromatic nitrogens is 3. The van der Waals surface area contributed by atoms with Gasteiger partial charge in [-0.3, -0.25) is 5.41 Å². The van der Waals surface area contributed by atoms with Gasteiger partial charge in [0.1, 0.15) is 18.2 Å². The summed E-state index contributed by atoms with van der Waals surface area (Å²) in [5.74, 6) is 0.438. The van der Waals surface area contributed by atoms with Crippen molar-refractivity contribution in [2.45, 2.75) is 18.7 Å². The minimum atomic E-state index is -0.985. The first-order chi connectivity index (χ1) is 15.6. The Morgan fingerprint density at radius 3 is 2.47 bits per heavy atom. The molecule has 162 valence electrons. The van der Waals surface area contributed by atoms with E-state index in [1.54, 1.807) is 39.5 Å². The second kappa shape index (κ2) is 8.27. The van der Waals surface area contributed by atoms with Gasteiger partial charge in [0.2, 0.25) is 11.5 Å². The molecule has 2 atom stereocenters. The molecule has 0 spiro atoms. The fourth-order valence-corrected chi connectivity index (χ4v) is 4.26. The van der Waals surface area contributed by atoms with Crippen molar-refractivity contribution in [3.05, 3.63) is 94.9 Å². The highest BCUT2D eigenvalue weighted by Gasteiger charge is 2.26. The fraction of sp³-hybridized carbons (Fsp3) is 0.167. The van der Waals surface area contributed by atoms with Crippen LogP contribution in [-0.4, -0.2) is 30.9 Å². The average Bonchev–Trinajstić information content (AvgIpc) is 3.33. The number of nitrogens with one attached hydrogen (secondary N) is 1. The van der Waals surface area contributed by atoms with E-state index in [0.717, 1.165) is 11.0 Å². The fourth-order valence-electron chi connectivity index (χ4n) is 4.10. The highest BCUT2D eigenvalue weighted by Crippen LogP contribution is 2.29. The Morgan fingerprint density at radius 1 is 1.00 bits per heavy atom. The molecule has 0 bridgehead atoms.